The van der Waals surface area contributed by atoms with Crippen LogP contribution in [0.1, 0.15) is 45.4 Å². The van der Waals surface area contributed by atoms with E-state index in [1.165, 1.54) is 38.5 Å². The number of benzene rings is 1. The molecule has 0 bridgehead atoms. The molecule has 0 unspecified atom stereocenters. The number of hydrogen-bond donors (Lipinski definition) is 3. The van der Waals surface area contributed by atoms with E-state index in [9.17, 15) is 0 Å². The van der Waals surface area contributed by atoms with E-state index >= 15 is 0 Å². The lowest BCUT2D eigenvalue weighted by atomic mass is 10.1. The maximum absolute atomic E-state index is 8.74. The highest BCUT2D eigenvalue weighted by molar-refractivity contribution is 7.79. The van der Waals surface area contributed by atoms with E-state index in [4.69, 9.17) is 29.1 Å². The Hall–Kier alpha value is -0.820. The summed E-state index contributed by atoms with van der Waals surface area (Å²) < 4.78 is 31.6. The zero-order valence-electron chi connectivity index (χ0n) is 12.3. The quantitative estimate of drug-likeness (QED) is 0.481. The van der Waals surface area contributed by atoms with E-state index in [0.29, 0.717) is 0 Å². The molecule has 0 aromatic heterocycles. The lowest BCUT2D eigenvalue weighted by molar-refractivity contribution is 0.381. The minimum atomic E-state index is -4.67. The van der Waals surface area contributed by atoms with Crippen molar-refractivity contribution in [2.45, 2.75) is 45.4 Å². The van der Waals surface area contributed by atoms with Crippen LogP contribution in [0.3, 0.4) is 0 Å². The van der Waals surface area contributed by atoms with Crippen molar-refractivity contribution in [2.75, 3.05) is 11.9 Å². The lowest BCUT2D eigenvalue weighted by Crippen LogP contribution is -2.00. The molecule has 1 rings (SSSR count). The van der Waals surface area contributed by atoms with Crippen molar-refractivity contribution >= 4 is 27.7 Å². The fourth-order valence-electron chi connectivity index (χ4n) is 1.71. The van der Waals surface area contributed by atoms with Gasteiger partial charge in [-0.15, -0.1) is 0 Å². The lowest BCUT2D eigenvalue weighted by Gasteiger charge is -2.06. The fraction of sp³-hybridized carbons (Fsp3) is 0.571. The Labute approximate surface area is 132 Å². The number of halogens is 1. The molecule has 0 aliphatic rings. The Morgan fingerprint density at radius 3 is 2.00 bits per heavy atom. The molecule has 0 saturated carbocycles. The highest BCUT2D eigenvalue weighted by Gasteiger charge is 1.92. The van der Waals surface area contributed by atoms with Crippen LogP contribution in [-0.2, 0) is 10.4 Å². The van der Waals surface area contributed by atoms with Crippen molar-refractivity contribution in [2.24, 2.45) is 0 Å². The molecular weight excluding hydrogens is 314 g/mol. The number of nitrogens with one attached hydrogen (secondary N) is 1. The Morgan fingerprint density at radius 2 is 1.48 bits per heavy atom. The van der Waals surface area contributed by atoms with E-state index in [1.54, 1.807) is 0 Å². The van der Waals surface area contributed by atoms with Gasteiger partial charge in [0.05, 0.1) is 0 Å². The maximum Gasteiger partial charge on any atom is 0.394 e. The van der Waals surface area contributed by atoms with Crippen molar-refractivity contribution < 1.29 is 17.5 Å². The number of unbranched alkanes of at least 4 members (excludes halogenated alkanes) is 5. The molecular formula is C14H24ClNO4S. The Morgan fingerprint density at radius 1 is 1.00 bits per heavy atom. The van der Waals surface area contributed by atoms with E-state index in [0.717, 1.165) is 17.3 Å². The second kappa shape index (κ2) is 11.8. The summed E-state index contributed by atoms with van der Waals surface area (Å²) >= 11 is 5.82. The molecule has 0 atom stereocenters. The third-order valence-corrected chi connectivity index (χ3v) is 2.96. The van der Waals surface area contributed by atoms with E-state index in [-0.39, 0.29) is 0 Å². The largest absolute Gasteiger partial charge is 0.394 e. The van der Waals surface area contributed by atoms with Crippen molar-refractivity contribution in [1.82, 2.24) is 0 Å². The Balaban J connectivity index is 0.000000690. The topological polar surface area (TPSA) is 86.6 Å². The summed E-state index contributed by atoms with van der Waals surface area (Å²) in [6, 6.07) is 7.90. The molecule has 0 aliphatic heterocycles. The van der Waals surface area contributed by atoms with Gasteiger partial charge < -0.3 is 5.32 Å². The molecule has 1 aromatic carbocycles. The van der Waals surface area contributed by atoms with Gasteiger partial charge in [0.2, 0.25) is 0 Å². The van der Waals surface area contributed by atoms with E-state index in [2.05, 4.69) is 12.2 Å². The molecule has 7 heteroatoms. The highest BCUT2D eigenvalue weighted by Crippen LogP contribution is 2.13. The molecule has 1 aromatic rings. The Kier molecular flexibility index (Phi) is 11.3. The molecule has 122 valence electrons. The molecule has 0 amide bonds. The van der Waals surface area contributed by atoms with Gasteiger partial charge in [-0.1, -0.05) is 50.6 Å². The van der Waals surface area contributed by atoms with Crippen molar-refractivity contribution in [3.63, 3.8) is 0 Å². The molecule has 5 nitrogen and oxygen atoms in total. The van der Waals surface area contributed by atoms with Crippen LogP contribution < -0.4 is 5.32 Å². The van der Waals surface area contributed by atoms with Crippen LogP contribution in [0.15, 0.2) is 24.3 Å². The first kappa shape index (κ1) is 20.2. The van der Waals surface area contributed by atoms with Gasteiger partial charge in [0.1, 0.15) is 0 Å². The molecule has 0 aliphatic carbocycles. The highest BCUT2D eigenvalue weighted by atomic mass is 35.5. The second-order valence-corrected chi connectivity index (χ2v) is 5.98. The molecule has 0 spiro atoms. The summed E-state index contributed by atoms with van der Waals surface area (Å²) in [6.07, 6.45) is 8.05. The van der Waals surface area contributed by atoms with Crippen molar-refractivity contribution in [3.8, 4) is 0 Å². The van der Waals surface area contributed by atoms with Crippen LogP contribution in [0.5, 0.6) is 0 Å². The minimum Gasteiger partial charge on any atom is -0.385 e. The maximum atomic E-state index is 8.74. The summed E-state index contributed by atoms with van der Waals surface area (Å²) in [5.74, 6) is 0. The SMILES string of the molecule is CCCCCCCCNc1ccc(Cl)cc1.O=S(=O)(O)O. The molecule has 3 N–H and O–H groups in total. The first-order valence-corrected chi connectivity index (χ1v) is 8.79. The van der Waals surface area contributed by atoms with Crippen LogP contribution in [0.4, 0.5) is 5.69 Å². The first-order valence-electron chi connectivity index (χ1n) is 7.02. The number of hydrogen-bond acceptors (Lipinski definition) is 3. The zero-order chi connectivity index (χ0) is 16.1. The van der Waals surface area contributed by atoms with E-state index in [1.807, 2.05) is 24.3 Å². The van der Waals surface area contributed by atoms with Crippen molar-refractivity contribution in [1.29, 1.82) is 0 Å². The average molecular weight is 338 g/mol. The molecule has 0 fully saturated rings. The molecule has 0 radical (unpaired) electrons. The standard InChI is InChI=1S/C14H22ClN.H2O4S/c1-2-3-4-5-6-7-12-16-14-10-8-13(15)9-11-14;1-5(2,3)4/h8-11,16H,2-7,12H2,1H3;(H2,1,2,3,4). The third-order valence-electron chi connectivity index (χ3n) is 2.70. The fourth-order valence-corrected chi connectivity index (χ4v) is 1.83. The molecule has 0 saturated heterocycles. The summed E-state index contributed by atoms with van der Waals surface area (Å²) in [5.41, 5.74) is 1.16. The first-order chi connectivity index (χ1) is 9.83. The van der Waals surface area contributed by atoms with Crippen LogP contribution in [0, 0.1) is 0 Å². The zero-order valence-corrected chi connectivity index (χ0v) is 13.8. The van der Waals surface area contributed by atoms with Crippen molar-refractivity contribution in [3.05, 3.63) is 29.3 Å². The predicted molar refractivity (Wildman–Crippen MR) is 87.5 cm³/mol. The minimum absolute atomic E-state index is 0.796. The Bertz CT molecular complexity index is 454. The van der Waals surface area contributed by atoms with Crippen LogP contribution in [0.25, 0.3) is 0 Å². The summed E-state index contributed by atoms with van der Waals surface area (Å²) in [6.45, 7) is 3.32. The monoisotopic (exact) mass is 337 g/mol. The molecule has 0 heterocycles. The summed E-state index contributed by atoms with van der Waals surface area (Å²) in [5, 5.41) is 4.20. The smallest absolute Gasteiger partial charge is 0.385 e. The molecule has 21 heavy (non-hydrogen) atoms. The number of rotatable bonds is 8. The average Bonchev–Trinajstić information content (AvgIpc) is 2.38. The summed E-state index contributed by atoms with van der Waals surface area (Å²) in [7, 11) is -4.67. The van der Waals surface area contributed by atoms with Gasteiger partial charge in [-0.2, -0.15) is 8.42 Å². The number of anilines is 1. The normalized spacial score (nSPS) is 10.7. The van der Waals surface area contributed by atoms with Gasteiger partial charge in [-0.25, -0.2) is 0 Å². The van der Waals surface area contributed by atoms with Gasteiger partial charge >= 0.3 is 10.4 Å². The van der Waals surface area contributed by atoms with Gasteiger partial charge in [-0.3, -0.25) is 9.11 Å². The van der Waals surface area contributed by atoms with Crippen LogP contribution in [0.2, 0.25) is 5.02 Å². The second-order valence-electron chi connectivity index (χ2n) is 4.65. The van der Waals surface area contributed by atoms with Gasteiger partial charge in [0, 0.05) is 17.3 Å². The summed E-state index contributed by atoms with van der Waals surface area (Å²) in [4.78, 5) is 0. The van der Waals surface area contributed by atoms with Crippen LogP contribution >= 0.6 is 11.6 Å². The predicted octanol–water partition coefficient (Wildman–Crippen LogP) is 4.46. The van der Waals surface area contributed by atoms with E-state index < -0.39 is 10.4 Å². The third kappa shape index (κ3) is 17.1. The van der Waals surface area contributed by atoms with Gasteiger partial charge in [-0.05, 0) is 30.7 Å². The van der Waals surface area contributed by atoms with Crippen LogP contribution in [-0.4, -0.2) is 24.1 Å². The van der Waals surface area contributed by atoms with Gasteiger partial charge in [0.15, 0.2) is 0 Å². The van der Waals surface area contributed by atoms with Gasteiger partial charge in [0.25, 0.3) is 0 Å².